The second-order valence-corrected chi connectivity index (χ2v) is 5.02. The molecular weight excluding hydrogens is 250 g/mol. The molecule has 0 aliphatic rings. The number of amides is 1. The number of carbonyl (C=O) groups is 2. The first kappa shape index (κ1) is 13.4. The van der Waals surface area contributed by atoms with Gasteiger partial charge in [-0.2, -0.15) is 0 Å². The molecule has 14 heavy (non-hydrogen) atoms. The molecule has 0 aromatic heterocycles. The molecule has 0 aromatic rings. The Labute approximate surface area is 92.2 Å². The predicted octanol–water partition coefficient (Wildman–Crippen LogP) is 1.39. The van der Waals surface area contributed by atoms with Crippen LogP contribution in [-0.4, -0.2) is 27.9 Å². The van der Waals surface area contributed by atoms with Crippen LogP contribution in [0.5, 0.6) is 0 Å². The zero-order valence-electron chi connectivity index (χ0n) is 8.58. The van der Waals surface area contributed by atoms with E-state index in [-0.39, 0.29) is 16.7 Å². The fourth-order valence-corrected chi connectivity index (χ4v) is 1.11. The molecule has 2 N–H and O–H groups in total. The lowest BCUT2D eigenvalue weighted by molar-refractivity contribution is -0.142. The van der Waals surface area contributed by atoms with Crippen LogP contribution in [0.1, 0.15) is 27.2 Å². The van der Waals surface area contributed by atoms with Gasteiger partial charge in [-0.1, -0.05) is 29.8 Å². The van der Waals surface area contributed by atoms with Crippen LogP contribution in [0.2, 0.25) is 0 Å². The maximum Gasteiger partial charge on any atom is 0.326 e. The standard InChI is InChI=1S/C9H16BrNO3/c1-5(2)4-7(9(13)14)11-8(12)6(3)10/h5-7H,4H2,1-3H3,(H,11,12)(H,13,14)/t6?,7-/m0/s1. The number of hydrogen-bond donors (Lipinski definition) is 2. The van der Waals surface area contributed by atoms with Crippen LogP contribution < -0.4 is 5.32 Å². The molecule has 0 rings (SSSR count). The highest BCUT2D eigenvalue weighted by Gasteiger charge is 2.22. The molecular formula is C9H16BrNO3. The molecule has 0 aromatic carbocycles. The van der Waals surface area contributed by atoms with Gasteiger partial charge < -0.3 is 10.4 Å². The summed E-state index contributed by atoms with van der Waals surface area (Å²) >= 11 is 3.08. The Balaban J connectivity index is 4.23. The van der Waals surface area contributed by atoms with E-state index in [2.05, 4.69) is 21.2 Å². The van der Waals surface area contributed by atoms with E-state index in [0.29, 0.717) is 6.42 Å². The third-order valence-electron chi connectivity index (χ3n) is 1.68. The van der Waals surface area contributed by atoms with E-state index in [4.69, 9.17) is 5.11 Å². The minimum Gasteiger partial charge on any atom is -0.480 e. The van der Waals surface area contributed by atoms with Crippen molar-refractivity contribution in [3.63, 3.8) is 0 Å². The van der Waals surface area contributed by atoms with Gasteiger partial charge in [-0.3, -0.25) is 4.79 Å². The summed E-state index contributed by atoms with van der Waals surface area (Å²) in [5, 5.41) is 11.3. The Morgan fingerprint density at radius 1 is 1.36 bits per heavy atom. The van der Waals surface area contributed by atoms with Crippen molar-refractivity contribution in [1.82, 2.24) is 5.32 Å². The fourth-order valence-electron chi connectivity index (χ4n) is 0.979. The number of carboxylic acids is 1. The molecule has 0 aliphatic carbocycles. The quantitative estimate of drug-likeness (QED) is 0.739. The first-order valence-corrected chi connectivity index (χ1v) is 5.43. The van der Waals surface area contributed by atoms with Crippen LogP contribution in [-0.2, 0) is 9.59 Å². The third kappa shape index (κ3) is 5.21. The summed E-state index contributed by atoms with van der Waals surface area (Å²) in [6.07, 6.45) is 0.445. The van der Waals surface area contributed by atoms with Crippen LogP contribution in [0, 0.1) is 5.92 Å². The van der Waals surface area contributed by atoms with Crippen LogP contribution >= 0.6 is 15.9 Å². The predicted molar refractivity (Wildman–Crippen MR) is 57.4 cm³/mol. The SMILES string of the molecule is CC(C)C[C@H](NC(=O)C(C)Br)C(=O)O. The topological polar surface area (TPSA) is 66.4 Å². The number of rotatable bonds is 5. The van der Waals surface area contributed by atoms with E-state index in [1.165, 1.54) is 0 Å². The van der Waals surface area contributed by atoms with E-state index in [1.54, 1.807) is 6.92 Å². The van der Waals surface area contributed by atoms with Gasteiger partial charge in [-0.25, -0.2) is 4.79 Å². The maximum atomic E-state index is 11.2. The second kappa shape index (κ2) is 6.01. The van der Waals surface area contributed by atoms with Gasteiger partial charge in [0.15, 0.2) is 0 Å². The number of aliphatic carboxylic acids is 1. The van der Waals surface area contributed by atoms with Gasteiger partial charge in [0.1, 0.15) is 6.04 Å². The van der Waals surface area contributed by atoms with Crippen molar-refractivity contribution in [3.05, 3.63) is 0 Å². The fraction of sp³-hybridized carbons (Fsp3) is 0.778. The monoisotopic (exact) mass is 265 g/mol. The zero-order chi connectivity index (χ0) is 11.3. The first-order chi connectivity index (χ1) is 6.34. The lowest BCUT2D eigenvalue weighted by Gasteiger charge is -2.17. The van der Waals surface area contributed by atoms with Crippen LogP contribution in [0.4, 0.5) is 0 Å². The summed E-state index contributed by atoms with van der Waals surface area (Å²) < 4.78 is 0. The van der Waals surface area contributed by atoms with E-state index < -0.39 is 12.0 Å². The van der Waals surface area contributed by atoms with E-state index >= 15 is 0 Å². The van der Waals surface area contributed by atoms with E-state index in [9.17, 15) is 9.59 Å². The highest BCUT2D eigenvalue weighted by atomic mass is 79.9. The summed E-state index contributed by atoms with van der Waals surface area (Å²) in [6, 6.07) is -0.789. The van der Waals surface area contributed by atoms with Gasteiger partial charge in [0.05, 0.1) is 4.83 Å². The number of nitrogens with one attached hydrogen (secondary N) is 1. The molecule has 0 saturated carbocycles. The van der Waals surface area contributed by atoms with Gasteiger partial charge in [0, 0.05) is 0 Å². The van der Waals surface area contributed by atoms with Gasteiger partial charge >= 0.3 is 5.97 Å². The van der Waals surface area contributed by atoms with Crippen LogP contribution in [0.15, 0.2) is 0 Å². The first-order valence-electron chi connectivity index (χ1n) is 4.51. The number of carboxylic acid groups (broad SMARTS) is 1. The van der Waals surface area contributed by atoms with Crippen LogP contribution in [0.25, 0.3) is 0 Å². The average Bonchev–Trinajstić information content (AvgIpc) is 2.01. The highest BCUT2D eigenvalue weighted by molar-refractivity contribution is 9.10. The van der Waals surface area contributed by atoms with Crippen molar-refractivity contribution in [2.24, 2.45) is 5.92 Å². The average molecular weight is 266 g/mol. The van der Waals surface area contributed by atoms with Crippen LogP contribution in [0.3, 0.4) is 0 Å². The van der Waals surface area contributed by atoms with Crippen molar-refractivity contribution in [2.45, 2.75) is 38.1 Å². The molecule has 4 nitrogen and oxygen atoms in total. The Bertz CT molecular complexity index is 216. The number of alkyl halides is 1. The summed E-state index contributed by atoms with van der Waals surface area (Å²) in [5.74, 6) is -1.04. The summed E-state index contributed by atoms with van der Waals surface area (Å²) in [7, 11) is 0. The zero-order valence-corrected chi connectivity index (χ0v) is 10.2. The smallest absolute Gasteiger partial charge is 0.326 e. The van der Waals surface area contributed by atoms with Gasteiger partial charge in [-0.15, -0.1) is 0 Å². The largest absolute Gasteiger partial charge is 0.480 e. The third-order valence-corrected chi connectivity index (χ3v) is 2.10. The lowest BCUT2D eigenvalue weighted by atomic mass is 10.0. The number of halogens is 1. The van der Waals surface area contributed by atoms with Gasteiger partial charge in [-0.05, 0) is 19.3 Å². The molecule has 0 radical (unpaired) electrons. The molecule has 1 unspecified atom stereocenters. The molecule has 5 heteroatoms. The molecule has 0 heterocycles. The maximum absolute atomic E-state index is 11.2. The molecule has 82 valence electrons. The van der Waals surface area contributed by atoms with Gasteiger partial charge in [0.25, 0.3) is 0 Å². The summed E-state index contributed by atoms with van der Waals surface area (Å²) in [4.78, 5) is 21.6. The van der Waals surface area contributed by atoms with Crippen molar-refractivity contribution < 1.29 is 14.7 Å². The van der Waals surface area contributed by atoms with Crippen molar-refractivity contribution in [1.29, 1.82) is 0 Å². The van der Waals surface area contributed by atoms with Crippen molar-refractivity contribution >= 4 is 27.8 Å². The van der Waals surface area contributed by atoms with E-state index in [0.717, 1.165) is 0 Å². The molecule has 0 bridgehead atoms. The Kier molecular flexibility index (Phi) is 5.76. The molecule has 0 fully saturated rings. The Morgan fingerprint density at radius 2 is 1.86 bits per heavy atom. The molecule has 0 aliphatic heterocycles. The molecule has 2 atom stereocenters. The van der Waals surface area contributed by atoms with E-state index in [1.807, 2.05) is 13.8 Å². The minimum atomic E-state index is -0.986. The number of hydrogen-bond acceptors (Lipinski definition) is 2. The second-order valence-electron chi connectivity index (χ2n) is 3.64. The minimum absolute atomic E-state index is 0.238. The highest BCUT2D eigenvalue weighted by Crippen LogP contribution is 2.06. The summed E-state index contributed by atoms with van der Waals surface area (Å²) in [5.41, 5.74) is 0. The van der Waals surface area contributed by atoms with Crippen molar-refractivity contribution in [3.8, 4) is 0 Å². The molecule has 0 saturated heterocycles. The van der Waals surface area contributed by atoms with Gasteiger partial charge in [0.2, 0.25) is 5.91 Å². The Morgan fingerprint density at radius 3 is 2.14 bits per heavy atom. The normalized spacial score (nSPS) is 14.9. The lowest BCUT2D eigenvalue weighted by Crippen LogP contribution is -2.44. The Hall–Kier alpha value is -0.580. The molecule has 1 amide bonds. The molecule has 0 spiro atoms. The van der Waals surface area contributed by atoms with Crippen molar-refractivity contribution in [2.75, 3.05) is 0 Å². The number of carbonyl (C=O) groups excluding carboxylic acids is 1. The summed E-state index contributed by atoms with van der Waals surface area (Å²) in [6.45, 7) is 5.49.